The molecule has 0 heterocycles. The van der Waals surface area contributed by atoms with Gasteiger partial charge in [0.05, 0.1) is 0 Å². The highest BCUT2D eigenvalue weighted by atomic mass is 16.6. The van der Waals surface area contributed by atoms with Crippen LogP contribution < -0.4 is 0 Å². The Morgan fingerprint density at radius 1 is 0.266 bits per heavy atom. The lowest BCUT2D eigenvalue weighted by molar-refractivity contribution is -0.167. The Morgan fingerprint density at radius 2 is 0.494 bits per heavy atom. The summed E-state index contributed by atoms with van der Waals surface area (Å²) in [6.45, 7) is 6.52. The molecule has 0 aromatic carbocycles. The van der Waals surface area contributed by atoms with Crippen LogP contribution in [0.5, 0.6) is 0 Å². The molecule has 0 radical (unpaired) electrons. The Hall–Kier alpha value is -3.41. The number of ether oxygens (including phenoxy) is 3. The number of carbonyl (C=O) groups is 3. The molecule has 0 amide bonds. The number of hydrogen-bond donors (Lipinski definition) is 0. The molecule has 6 heteroatoms. The van der Waals surface area contributed by atoms with Gasteiger partial charge < -0.3 is 14.2 Å². The minimum absolute atomic E-state index is 0.0810. The van der Waals surface area contributed by atoms with Gasteiger partial charge >= 0.3 is 17.9 Å². The summed E-state index contributed by atoms with van der Waals surface area (Å²) in [4.78, 5) is 38.3. The van der Waals surface area contributed by atoms with Gasteiger partial charge in [0.25, 0.3) is 0 Å². The van der Waals surface area contributed by atoms with Gasteiger partial charge in [-0.25, -0.2) is 0 Å². The molecule has 0 bridgehead atoms. The SMILES string of the molecule is CC/C=C\C/C=C\C/C=C\CCCCCCCCCC(=O)OC(COC(=O)CCCCCCC/C=C\CCCCCC)COC(=O)CCCCCCCCCCCCCCCCCC/C=C\C/C=C\C/C=C\CCCCCCC. The molecule has 0 aliphatic carbocycles. The van der Waals surface area contributed by atoms with Crippen molar-refractivity contribution < 1.29 is 28.6 Å². The van der Waals surface area contributed by atoms with Crippen molar-refractivity contribution in [3.05, 3.63) is 85.1 Å². The molecule has 0 spiro atoms. The maximum absolute atomic E-state index is 12.9. The van der Waals surface area contributed by atoms with Crippen molar-refractivity contribution in [2.75, 3.05) is 13.2 Å². The number of carbonyl (C=O) groups excluding carboxylic acids is 3. The van der Waals surface area contributed by atoms with E-state index >= 15 is 0 Å². The largest absolute Gasteiger partial charge is 0.462 e. The molecule has 0 saturated heterocycles. The Morgan fingerprint density at radius 3 is 0.797 bits per heavy atom. The topological polar surface area (TPSA) is 78.9 Å². The Bertz CT molecular complexity index is 1500. The summed E-state index contributed by atoms with van der Waals surface area (Å²) < 4.78 is 16.9. The number of esters is 3. The van der Waals surface area contributed by atoms with Crippen LogP contribution in [0.15, 0.2) is 85.1 Å². The summed E-state index contributed by atoms with van der Waals surface area (Å²) in [6, 6.07) is 0. The van der Waals surface area contributed by atoms with Gasteiger partial charge in [-0.05, 0) is 116 Å². The van der Waals surface area contributed by atoms with Crippen LogP contribution in [-0.4, -0.2) is 37.2 Å². The lowest BCUT2D eigenvalue weighted by atomic mass is 10.0. The second-order valence-corrected chi connectivity index (χ2v) is 22.7. The van der Waals surface area contributed by atoms with Crippen LogP contribution in [-0.2, 0) is 28.6 Å². The van der Waals surface area contributed by atoms with Crippen LogP contribution >= 0.6 is 0 Å². The lowest BCUT2D eigenvalue weighted by Crippen LogP contribution is -2.30. The zero-order valence-electron chi connectivity index (χ0n) is 52.4. The van der Waals surface area contributed by atoms with E-state index in [1.54, 1.807) is 0 Å². The second-order valence-electron chi connectivity index (χ2n) is 22.7. The first-order valence-electron chi connectivity index (χ1n) is 34.1. The van der Waals surface area contributed by atoms with Gasteiger partial charge in [-0.3, -0.25) is 14.4 Å². The number of unbranched alkanes of at least 4 members (excludes halogenated alkanes) is 37. The van der Waals surface area contributed by atoms with Gasteiger partial charge in [0, 0.05) is 19.3 Å². The van der Waals surface area contributed by atoms with Crippen molar-refractivity contribution in [3.63, 3.8) is 0 Å². The highest BCUT2D eigenvalue weighted by molar-refractivity contribution is 5.71. The summed E-state index contributed by atoms with van der Waals surface area (Å²) in [5, 5.41) is 0. The second kappa shape index (κ2) is 67.1. The van der Waals surface area contributed by atoms with Crippen molar-refractivity contribution in [2.45, 2.75) is 348 Å². The normalized spacial score (nSPS) is 12.6. The minimum atomic E-state index is -0.785. The zero-order chi connectivity index (χ0) is 57.1. The van der Waals surface area contributed by atoms with E-state index < -0.39 is 6.10 Å². The Labute approximate surface area is 490 Å². The van der Waals surface area contributed by atoms with Crippen LogP contribution in [0.2, 0.25) is 0 Å². The predicted molar refractivity (Wildman–Crippen MR) is 344 cm³/mol. The predicted octanol–water partition coefficient (Wildman–Crippen LogP) is 23.4. The van der Waals surface area contributed by atoms with Gasteiger partial charge in [0.2, 0.25) is 0 Å². The standard InChI is InChI=1S/C73H128O6/c1-4-7-10-13-16-19-22-25-27-29-30-31-32-33-34-35-36-37-38-39-40-41-42-44-45-48-51-54-57-60-63-66-72(75)78-69-70(68-77-71(74)65-62-59-56-53-50-47-24-21-18-15-12-9-6-3)79-73(76)67-64-61-58-55-52-49-46-43-28-26-23-20-17-14-11-8-5-2/h8,11,17,20-22,24-26,28-30,32-33,70H,4-7,9-10,12-16,18-19,23,27,31,34-69H2,1-3H3/b11-8-,20-17-,24-21-,25-22-,28-26-,30-29-,33-32-. The molecule has 1 atom stereocenters. The number of rotatable bonds is 62. The smallest absolute Gasteiger partial charge is 0.306 e. The molecule has 79 heavy (non-hydrogen) atoms. The monoisotopic (exact) mass is 1100 g/mol. The fraction of sp³-hybridized carbons (Fsp3) is 0.767. The number of allylic oxidation sites excluding steroid dienone is 14. The van der Waals surface area contributed by atoms with E-state index in [-0.39, 0.29) is 31.1 Å². The van der Waals surface area contributed by atoms with Crippen molar-refractivity contribution in [2.24, 2.45) is 0 Å². The zero-order valence-corrected chi connectivity index (χ0v) is 52.4. The van der Waals surface area contributed by atoms with Crippen molar-refractivity contribution in [3.8, 4) is 0 Å². The maximum Gasteiger partial charge on any atom is 0.306 e. The number of hydrogen-bond acceptors (Lipinski definition) is 6. The van der Waals surface area contributed by atoms with E-state index in [0.29, 0.717) is 19.3 Å². The quantitative estimate of drug-likeness (QED) is 0.0261. The molecule has 0 N–H and O–H groups in total. The first-order valence-corrected chi connectivity index (χ1v) is 34.1. The first-order chi connectivity index (χ1) is 39.0. The molecule has 0 aliphatic heterocycles. The molecule has 0 aliphatic rings. The van der Waals surface area contributed by atoms with Crippen molar-refractivity contribution in [1.29, 1.82) is 0 Å². The fourth-order valence-electron chi connectivity index (χ4n) is 9.76. The molecule has 0 aromatic heterocycles. The average Bonchev–Trinajstić information content (AvgIpc) is 3.45. The maximum atomic E-state index is 12.9. The molecule has 1 unspecified atom stereocenters. The average molecular weight is 1100 g/mol. The van der Waals surface area contributed by atoms with Crippen LogP contribution in [0.1, 0.15) is 342 Å². The van der Waals surface area contributed by atoms with E-state index in [9.17, 15) is 14.4 Å². The molecule has 456 valence electrons. The molecular formula is C73H128O6. The first kappa shape index (κ1) is 75.6. The van der Waals surface area contributed by atoms with Crippen LogP contribution in [0.25, 0.3) is 0 Å². The van der Waals surface area contributed by atoms with E-state index in [0.717, 1.165) is 103 Å². The Balaban J connectivity index is 4.20. The van der Waals surface area contributed by atoms with E-state index in [1.165, 1.54) is 199 Å². The summed E-state index contributed by atoms with van der Waals surface area (Å²) in [5.41, 5.74) is 0. The highest BCUT2D eigenvalue weighted by Crippen LogP contribution is 2.17. The molecule has 0 rings (SSSR count). The molecule has 0 aromatic rings. The van der Waals surface area contributed by atoms with E-state index in [1.807, 2.05) is 0 Å². The minimum Gasteiger partial charge on any atom is -0.462 e. The van der Waals surface area contributed by atoms with Gasteiger partial charge in [-0.1, -0.05) is 292 Å². The van der Waals surface area contributed by atoms with Crippen molar-refractivity contribution >= 4 is 17.9 Å². The van der Waals surface area contributed by atoms with Gasteiger partial charge in [0.1, 0.15) is 13.2 Å². The summed E-state index contributed by atoms with van der Waals surface area (Å²) in [6.07, 6.45) is 88.9. The summed E-state index contributed by atoms with van der Waals surface area (Å²) >= 11 is 0. The van der Waals surface area contributed by atoms with Crippen LogP contribution in [0, 0.1) is 0 Å². The molecule has 0 saturated carbocycles. The van der Waals surface area contributed by atoms with Crippen LogP contribution in [0.4, 0.5) is 0 Å². The fourth-order valence-corrected chi connectivity index (χ4v) is 9.76. The molecular weight excluding hydrogens is 973 g/mol. The summed E-state index contributed by atoms with van der Waals surface area (Å²) in [5.74, 6) is -0.886. The van der Waals surface area contributed by atoms with Gasteiger partial charge in [-0.2, -0.15) is 0 Å². The Kier molecular flexibility index (Phi) is 64.2. The summed E-state index contributed by atoms with van der Waals surface area (Å²) in [7, 11) is 0. The molecule has 0 fully saturated rings. The lowest BCUT2D eigenvalue weighted by Gasteiger charge is -2.18. The molecule has 6 nitrogen and oxygen atoms in total. The third-order valence-electron chi connectivity index (χ3n) is 14.9. The van der Waals surface area contributed by atoms with Crippen LogP contribution in [0.3, 0.4) is 0 Å². The third-order valence-corrected chi connectivity index (χ3v) is 14.9. The van der Waals surface area contributed by atoms with Gasteiger partial charge in [0.15, 0.2) is 6.10 Å². The van der Waals surface area contributed by atoms with E-state index in [4.69, 9.17) is 14.2 Å². The third kappa shape index (κ3) is 65.3. The van der Waals surface area contributed by atoms with E-state index in [2.05, 4.69) is 106 Å². The van der Waals surface area contributed by atoms with Gasteiger partial charge in [-0.15, -0.1) is 0 Å². The highest BCUT2D eigenvalue weighted by Gasteiger charge is 2.19. The van der Waals surface area contributed by atoms with Crippen molar-refractivity contribution in [1.82, 2.24) is 0 Å².